The number of halogens is 1. The molecule has 3 amide bonds. The number of nitrogens with one attached hydrogen (secondary N) is 3. The van der Waals surface area contributed by atoms with Gasteiger partial charge < -0.3 is 20.8 Å². The molecule has 1 fully saturated rings. The van der Waals surface area contributed by atoms with Crippen molar-refractivity contribution < 1.29 is 31.8 Å². The Morgan fingerprint density at radius 1 is 1.46 bits per heavy atom. The highest BCUT2D eigenvalue weighted by molar-refractivity contribution is 7.85. The van der Waals surface area contributed by atoms with Crippen molar-refractivity contribution in [2.75, 3.05) is 31.2 Å². The number of hydrogen-bond acceptors (Lipinski definition) is 10. The molecule has 0 bridgehead atoms. The maximum Gasteiger partial charge on any atom is 0.276 e. The lowest BCUT2D eigenvalue weighted by Crippen LogP contribution is -2.71. The molecule has 154 valence electrons. The zero-order valence-electron chi connectivity index (χ0n) is 14.6. The third-order valence-corrected chi connectivity index (χ3v) is 4.84. The van der Waals surface area contributed by atoms with Crippen LogP contribution in [0.3, 0.4) is 0 Å². The number of aromatic nitrogens is 1. The number of thiazole rings is 1. The van der Waals surface area contributed by atoms with Crippen molar-refractivity contribution in [2.24, 2.45) is 5.16 Å². The number of carbonyl (C=O) groups is 3. The second-order valence-corrected chi connectivity index (χ2v) is 8.17. The second kappa shape index (κ2) is 9.27. The van der Waals surface area contributed by atoms with Gasteiger partial charge in [-0.15, -0.1) is 22.9 Å². The van der Waals surface area contributed by atoms with Gasteiger partial charge in [-0.25, -0.2) is 4.98 Å². The summed E-state index contributed by atoms with van der Waals surface area (Å²) in [4.78, 5) is 44.2. The molecule has 15 heteroatoms. The summed E-state index contributed by atoms with van der Waals surface area (Å²) in [6.07, 6.45) is 0.868. The Morgan fingerprint density at radius 3 is 2.75 bits per heavy atom. The fourth-order valence-corrected chi connectivity index (χ4v) is 3.21. The first kappa shape index (κ1) is 22.0. The average molecular weight is 454 g/mol. The third kappa shape index (κ3) is 5.85. The number of oxime groups is 1. The molecule has 0 spiro atoms. The molecule has 2 atom stereocenters. The minimum Gasteiger partial charge on any atom is -0.398 e. The quantitative estimate of drug-likeness (QED) is 0.135. The molecule has 1 saturated heterocycles. The monoisotopic (exact) mass is 453 g/mol. The Kier molecular flexibility index (Phi) is 7.29. The van der Waals surface area contributed by atoms with E-state index < -0.39 is 39.9 Å². The lowest BCUT2D eigenvalue weighted by Gasteiger charge is -2.36. The van der Waals surface area contributed by atoms with Gasteiger partial charge in [0.25, 0.3) is 16.0 Å². The molecule has 0 radical (unpaired) electrons. The van der Waals surface area contributed by atoms with Crippen molar-refractivity contribution in [3.63, 3.8) is 0 Å². The topological polar surface area (TPSA) is 165 Å². The van der Waals surface area contributed by atoms with E-state index in [4.69, 9.17) is 11.6 Å². The molecular weight excluding hydrogens is 438 g/mol. The van der Waals surface area contributed by atoms with Crippen molar-refractivity contribution in [3.8, 4) is 0 Å². The summed E-state index contributed by atoms with van der Waals surface area (Å²) in [6.45, 7) is -0.336. The number of anilines is 1. The summed E-state index contributed by atoms with van der Waals surface area (Å²) in [5, 5.41) is 12.5. The summed E-state index contributed by atoms with van der Waals surface area (Å²) >= 11 is 6.43. The average Bonchev–Trinajstić information content (AvgIpc) is 3.07. The van der Waals surface area contributed by atoms with Crippen molar-refractivity contribution in [2.45, 2.75) is 12.1 Å². The fraction of sp³-hybridized carbons (Fsp3) is 0.462. The highest BCUT2D eigenvalue weighted by Gasteiger charge is 2.42. The van der Waals surface area contributed by atoms with Crippen molar-refractivity contribution >= 4 is 61.6 Å². The van der Waals surface area contributed by atoms with Crippen LogP contribution in [0, 0.1) is 0 Å². The third-order valence-electron chi connectivity index (χ3n) is 3.27. The number of rotatable bonds is 9. The van der Waals surface area contributed by atoms with Crippen molar-refractivity contribution in [1.29, 1.82) is 0 Å². The SMILES string of the molecule is CO/N=C(\C(=O)N[C@H]1C(=O)N[C@H]1COS(C)(=O)=O)c1csc(NC(=O)CCl)n1. The van der Waals surface area contributed by atoms with Crippen LogP contribution in [0.15, 0.2) is 10.5 Å². The van der Waals surface area contributed by atoms with E-state index in [1.54, 1.807) is 0 Å². The molecule has 1 aromatic rings. The smallest absolute Gasteiger partial charge is 0.276 e. The second-order valence-electron chi connectivity index (χ2n) is 5.40. The summed E-state index contributed by atoms with van der Waals surface area (Å²) in [6, 6.07) is -1.76. The lowest BCUT2D eigenvalue weighted by molar-refractivity contribution is -0.135. The number of β-lactam (4-membered cyclic amide) rings is 1. The maximum atomic E-state index is 12.5. The van der Waals surface area contributed by atoms with E-state index in [1.807, 2.05) is 0 Å². The Morgan fingerprint density at radius 2 is 2.18 bits per heavy atom. The molecule has 1 aromatic heterocycles. The molecule has 2 heterocycles. The molecule has 0 unspecified atom stereocenters. The number of amides is 3. The van der Waals surface area contributed by atoms with Gasteiger partial charge in [0.05, 0.1) is 18.9 Å². The number of carbonyl (C=O) groups excluding carboxylic acids is 3. The van der Waals surface area contributed by atoms with Crippen LogP contribution in [0.25, 0.3) is 0 Å². The van der Waals surface area contributed by atoms with Crippen LogP contribution in [0.4, 0.5) is 5.13 Å². The van der Waals surface area contributed by atoms with E-state index in [-0.39, 0.29) is 29.0 Å². The van der Waals surface area contributed by atoms with E-state index in [2.05, 4.69) is 35.1 Å². The van der Waals surface area contributed by atoms with Crippen LogP contribution in [-0.2, 0) is 33.5 Å². The van der Waals surface area contributed by atoms with E-state index >= 15 is 0 Å². The highest BCUT2D eigenvalue weighted by atomic mass is 35.5. The van der Waals surface area contributed by atoms with E-state index in [9.17, 15) is 22.8 Å². The van der Waals surface area contributed by atoms with Gasteiger partial charge in [-0.2, -0.15) is 8.42 Å². The van der Waals surface area contributed by atoms with E-state index in [0.717, 1.165) is 17.6 Å². The minimum absolute atomic E-state index is 0.0953. The summed E-state index contributed by atoms with van der Waals surface area (Å²) < 4.78 is 26.8. The number of nitrogens with zero attached hydrogens (tertiary/aromatic N) is 2. The van der Waals surface area contributed by atoms with Gasteiger partial charge in [-0.05, 0) is 0 Å². The Bertz CT molecular complexity index is 901. The number of alkyl halides is 1. The molecule has 1 aliphatic rings. The van der Waals surface area contributed by atoms with Gasteiger partial charge in [0, 0.05) is 5.38 Å². The first-order valence-corrected chi connectivity index (χ1v) is 10.8. The van der Waals surface area contributed by atoms with Gasteiger partial charge in [0.15, 0.2) is 10.8 Å². The maximum absolute atomic E-state index is 12.5. The molecule has 12 nitrogen and oxygen atoms in total. The molecular formula is C13H16ClN5O7S2. The Balaban J connectivity index is 2.08. The Labute approximate surface area is 168 Å². The number of hydrogen-bond donors (Lipinski definition) is 3. The fourth-order valence-electron chi connectivity index (χ4n) is 2.04. The van der Waals surface area contributed by atoms with E-state index in [1.165, 1.54) is 12.5 Å². The first-order chi connectivity index (χ1) is 13.1. The zero-order valence-corrected chi connectivity index (χ0v) is 17.0. The molecule has 0 aromatic carbocycles. The summed E-state index contributed by atoms with van der Waals surface area (Å²) in [7, 11) is -2.49. The largest absolute Gasteiger partial charge is 0.398 e. The zero-order chi connectivity index (χ0) is 20.9. The lowest BCUT2D eigenvalue weighted by atomic mass is 9.99. The molecule has 1 aliphatic heterocycles. The van der Waals surface area contributed by atoms with Crippen LogP contribution < -0.4 is 16.0 Å². The van der Waals surface area contributed by atoms with E-state index in [0.29, 0.717) is 0 Å². The van der Waals surface area contributed by atoms with Gasteiger partial charge in [-0.1, -0.05) is 5.16 Å². The summed E-state index contributed by atoms with van der Waals surface area (Å²) in [5.74, 6) is -2.04. The predicted molar refractivity (Wildman–Crippen MR) is 99.7 cm³/mol. The van der Waals surface area contributed by atoms with Crippen LogP contribution >= 0.6 is 22.9 Å². The van der Waals surface area contributed by atoms with Gasteiger partial charge in [0.2, 0.25) is 11.8 Å². The van der Waals surface area contributed by atoms with Gasteiger partial charge in [0.1, 0.15) is 24.7 Å². The molecule has 2 rings (SSSR count). The van der Waals surface area contributed by atoms with Gasteiger partial charge in [-0.3, -0.25) is 18.6 Å². The molecule has 0 saturated carbocycles. The normalized spacial score (nSPS) is 19.4. The van der Waals surface area contributed by atoms with Crippen molar-refractivity contribution in [1.82, 2.24) is 15.6 Å². The molecule has 3 N–H and O–H groups in total. The van der Waals surface area contributed by atoms with Crippen molar-refractivity contribution in [3.05, 3.63) is 11.1 Å². The van der Waals surface area contributed by atoms with Crippen LogP contribution in [-0.4, -0.2) is 74.8 Å². The Hall–Kier alpha value is -2.29. The highest BCUT2D eigenvalue weighted by Crippen LogP contribution is 2.17. The van der Waals surface area contributed by atoms with Crippen LogP contribution in [0.1, 0.15) is 5.69 Å². The van der Waals surface area contributed by atoms with Gasteiger partial charge >= 0.3 is 0 Å². The van der Waals surface area contributed by atoms with Crippen LogP contribution in [0.2, 0.25) is 0 Å². The van der Waals surface area contributed by atoms with Crippen LogP contribution in [0.5, 0.6) is 0 Å². The first-order valence-electron chi connectivity index (χ1n) is 7.53. The summed E-state index contributed by atoms with van der Waals surface area (Å²) in [5.41, 5.74) is -0.148. The molecule has 0 aliphatic carbocycles. The minimum atomic E-state index is -3.70. The molecule has 28 heavy (non-hydrogen) atoms. The standard InChI is InChI=1S/C13H16ClN5O7S2/c1-25-19-10(7-5-27-13(16-7)17-8(20)3-14)12(22)18-9-6(15-11(9)21)4-26-28(2,23)24/h5-6,9H,3-4H2,1-2H3,(H,15,21)(H,18,22)(H,16,17,20)/b19-10-/t6-,9+/m0/s1. The predicted octanol–water partition coefficient (Wildman–Crippen LogP) is -1.37.